The first-order valence-corrected chi connectivity index (χ1v) is 9.08. The predicted molar refractivity (Wildman–Crippen MR) is 93.4 cm³/mol. The molecule has 1 aromatic rings. The van der Waals surface area contributed by atoms with Crippen molar-refractivity contribution in [1.29, 1.82) is 0 Å². The molecule has 25 heavy (non-hydrogen) atoms. The van der Waals surface area contributed by atoms with Gasteiger partial charge in [0.25, 0.3) is 0 Å². The van der Waals surface area contributed by atoms with Gasteiger partial charge in [0.15, 0.2) is 0 Å². The Kier molecular flexibility index (Phi) is 5.25. The van der Waals surface area contributed by atoms with Crippen molar-refractivity contribution in [2.75, 3.05) is 19.6 Å². The van der Waals surface area contributed by atoms with Gasteiger partial charge in [-0.15, -0.1) is 0 Å². The molecule has 0 radical (unpaired) electrons. The highest BCUT2D eigenvalue weighted by molar-refractivity contribution is 5.78. The zero-order valence-electron chi connectivity index (χ0n) is 14.5. The van der Waals surface area contributed by atoms with E-state index in [1.54, 1.807) is 4.90 Å². The summed E-state index contributed by atoms with van der Waals surface area (Å²) < 4.78 is 13.2. The quantitative estimate of drug-likeness (QED) is 0.878. The molecule has 1 saturated heterocycles. The van der Waals surface area contributed by atoms with Crippen LogP contribution in [0.2, 0.25) is 0 Å². The molecule has 0 unspecified atom stereocenters. The van der Waals surface area contributed by atoms with Crippen LogP contribution in [-0.2, 0) is 10.2 Å². The predicted octanol–water partition coefficient (Wildman–Crippen LogP) is 2.54. The summed E-state index contributed by atoms with van der Waals surface area (Å²) in [6.07, 6.45) is 5.51. The van der Waals surface area contributed by atoms with E-state index in [1.165, 1.54) is 12.1 Å². The Bertz CT molecular complexity index is 618. The monoisotopic (exact) mass is 347 g/mol. The molecule has 2 aliphatic rings. The van der Waals surface area contributed by atoms with E-state index >= 15 is 0 Å². The Morgan fingerprint density at radius 1 is 1.16 bits per heavy atom. The smallest absolute Gasteiger partial charge is 0.317 e. The van der Waals surface area contributed by atoms with Crippen molar-refractivity contribution in [1.82, 2.24) is 10.2 Å². The number of hydrogen-bond acceptors (Lipinski definition) is 2. The SMILES string of the molecule is NC(=O)C1CCN(C(=O)NCC2(c3ccc(F)cc3)CCCC2)CC1. The maximum absolute atomic E-state index is 13.2. The third-order valence-corrected chi connectivity index (χ3v) is 5.78. The third kappa shape index (κ3) is 3.94. The van der Waals surface area contributed by atoms with Crippen LogP contribution in [0.4, 0.5) is 9.18 Å². The Hall–Kier alpha value is -2.11. The Morgan fingerprint density at radius 2 is 1.76 bits per heavy atom. The van der Waals surface area contributed by atoms with E-state index in [4.69, 9.17) is 5.73 Å². The molecule has 1 aliphatic carbocycles. The minimum absolute atomic E-state index is 0.0868. The maximum Gasteiger partial charge on any atom is 0.317 e. The lowest BCUT2D eigenvalue weighted by Gasteiger charge is -2.34. The molecule has 0 atom stereocenters. The Morgan fingerprint density at radius 3 is 2.32 bits per heavy atom. The highest BCUT2D eigenvalue weighted by Gasteiger charge is 2.36. The number of rotatable bonds is 4. The fraction of sp³-hybridized carbons (Fsp3) is 0.579. The molecule has 0 bridgehead atoms. The van der Waals surface area contributed by atoms with Crippen molar-refractivity contribution in [2.24, 2.45) is 11.7 Å². The first-order valence-electron chi connectivity index (χ1n) is 9.08. The molecule has 136 valence electrons. The van der Waals surface area contributed by atoms with Crippen molar-refractivity contribution in [2.45, 2.75) is 43.9 Å². The van der Waals surface area contributed by atoms with Gasteiger partial charge in [-0.1, -0.05) is 25.0 Å². The van der Waals surface area contributed by atoms with E-state index in [9.17, 15) is 14.0 Å². The van der Waals surface area contributed by atoms with Gasteiger partial charge in [0, 0.05) is 31.0 Å². The molecule has 3 N–H and O–H groups in total. The van der Waals surface area contributed by atoms with Gasteiger partial charge >= 0.3 is 6.03 Å². The molecular weight excluding hydrogens is 321 g/mol. The molecule has 1 aromatic carbocycles. The highest BCUT2D eigenvalue weighted by atomic mass is 19.1. The van der Waals surface area contributed by atoms with Crippen LogP contribution >= 0.6 is 0 Å². The molecule has 3 amide bonds. The fourth-order valence-corrected chi connectivity index (χ4v) is 4.15. The van der Waals surface area contributed by atoms with Gasteiger partial charge in [-0.25, -0.2) is 9.18 Å². The number of nitrogens with one attached hydrogen (secondary N) is 1. The van der Waals surface area contributed by atoms with Crippen LogP contribution in [0.25, 0.3) is 0 Å². The molecular formula is C19H26FN3O2. The number of carbonyl (C=O) groups excluding carboxylic acids is 2. The molecule has 6 heteroatoms. The van der Waals surface area contributed by atoms with Gasteiger partial charge in [-0.3, -0.25) is 4.79 Å². The number of halogens is 1. The summed E-state index contributed by atoms with van der Waals surface area (Å²) in [4.78, 5) is 25.5. The molecule has 3 rings (SSSR count). The Balaban J connectivity index is 1.60. The fourth-order valence-electron chi connectivity index (χ4n) is 4.15. The Labute approximate surface area is 147 Å². The number of hydrogen-bond donors (Lipinski definition) is 2. The minimum Gasteiger partial charge on any atom is -0.369 e. The van der Waals surface area contributed by atoms with Crippen LogP contribution in [0, 0.1) is 11.7 Å². The maximum atomic E-state index is 13.2. The first-order chi connectivity index (χ1) is 12.0. The van der Waals surface area contributed by atoms with Gasteiger partial charge in [0.05, 0.1) is 0 Å². The van der Waals surface area contributed by atoms with E-state index in [2.05, 4.69) is 5.32 Å². The molecule has 1 saturated carbocycles. The van der Waals surface area contributed by atoms with E-state index in [0.29, 0.717) is 32.5 Å². The van der Waals surface area contributed by atoms with Gasteiger partial charge in [-0.05, 0) is 43.4 Å². The van der Waals surface area contributed by atoms with Crippen LogP contribution in [-0.4, -0.2) is 36.5 Å². The number of likely N-dealkylation sites (tertiary alicyclic amines) is 1. The normalized spacial score (nSPS) is 20.4. The van der Waals surface area contributed by atoms with Crippen LogP contribution in [0.5, 0.6) is 0 Å². The lowest BCUT2D eigenvalue weighted by molar-refractivity contribution is -0.123. The average Bonchev–Trinajstić information content (AvgIpc) is 3.10. The number of carbonyl (C=O) groups is 2. The van der Waals surface area contributed by atoms with E-state index in [0.717, 1.165) is 31.2 Å². The first kappa shape index (κ1) is 17.7. The summed E-state index contributed by atoms with van der Waals surface area (Å²) in [5, 5.41) is 3.07. The van der Waals surface area contributed by atoms with Gasteiger partial charge in [-0.2, -0.15) is 0 Å². The number of urea groups is 1. The highest BCUT2D eigenvalue weighted by Crippen LogP contribution is 2.40. The lowest BCUT2D eigenvalue weighted by Crippen LogP contribution is -2.49. The largest absolute Gasteiger partial charge is 0.369 e. The summed E-state index contributed by atoms with van der Waals surface area (Å²) in [6, 6.07) is 6.57. The number of primary amides is 1. The molecule has 1 aliphatic heterocycles. The number of piperidine rings is 1. The molecule has 2 fully saturated rings. The van der Waals surface area contributed by atoms with Crippen LogP contribution in [0.1, 0.15) is 44.1 Å². The van der Waals surface area contributed by atoms with Crippen molar-refractivity contribution in [3.63, 3.8) is 0 Å². The van der Waals surface area contributed by atoms with E-state index in [1.807, 2.05) is 12.1 Å². The third-order valence-electron chi connectivity index (χ3n) is 5.78. The molecule has 1 heterocycles. The molecule has 0 spiro atoms. The summed E-state index contributed by atoms with van der Waals surface area (Å²) in [5.74, 6) is -0.635. The number of amides is 3. The van der Waals surface area contributed by atoms with Crippen LogP contribution in [0.15, 0.2) is 24.3 Å². The van der Waals surface area contributed by atoms with Crippen LogP contribution in [0.3, 0.4) is 0 Å². The van der Waals surface area contributed by atoms with E-state index < -0.39 is 0 Å². The van der Waals surface area contributed by atoms with Gasteiger partial charge < -0.3 is 16.0 Å². The second kappa shape index (κ2) is 7.42. The molecule has 0 aromatic heterocycles. The van der Waals surface area contributed by atoms with E-state index in [-0.39, 0.29) is 29.1 Å². The average molecular weight is 347 g/mol. The summed E-state index contributed by atoms with van der Waals surface area (Å²) >= 11 is 0. The zero-order valence-corrected chi connectivity index (χ0v) is 14.5. The second-order valence-electron chi connectivity index (χ2n) is 7.32. The summed E-state index contributed by atoms with van der Waals surface area (Å²) in [6.45, 7) is 1.68. The lowest BCUT2D eigenvalue weighted by atomic mass is 9.79. The zero-order chi connectivity index (χ0) is 17.9. The molecule has 5 nitrogen and oxygen atoms in total. The minimum atomic E-state index is -0.277. The van der Waals surface area contributed by atoms with Crippen molar-refractivity contribution in [3.05, 3.63) is 35.6 Å². The van der Waals surface area contributed by atoms with Gasteiger partial charge in [0.2, 0.25) is 5.91 Å². The second-order valence-corrected chi connectivity index (χ2v) is 7.32. The van der Waals surface area contributed by atoms with Crippen LogP contribution < -0.4 is 11.1 Å². The van der Waals surface area contributed by atoms with Crippen molar-refractivity contribution in [3.8, 4) is 0 Å². The van der Waals surface area contributed by atoms with Crippen molar-refractivity contribution >= 4 is 11.9 Å². The number of benzene rings is 1. The summed E-state index contributed by atoms with van der Waals surface area (Å²) in [7, 11) is 0. The number of nitrogens with two attached hydrogens (primary N) is 1. The standard InChI is InChI=1S/C19H26FN3O2/c20-16-5-3-15(4-6-16)19(9-1-2-10-19)13-22-18(25)23-11-7-14(8-12-23)17(21)24/h3-6,14H,1-2,7-13H2,(H2,21,24)(H,22,25). The van der Waals surface area contributed by atoms with Gasteiger partial charge in [0.1, 0.15) is 5.82 Å². The summed E-state index contributed by atoms with van der Waals surface area (Å²) in [5.41, 5.74) is 6.33. The van der Waals surface area contributed by atoms with Crippen molar-refractivity contribution < 1.29 is 14.0 Å². The number of nitrogens with zero attached hydrogens (tertiary/aromatic N) is 1. The topological polar surface area (TPSA) is 75.4 Å².